The van der Waals surface area contributed by atoms with Gasteiger partial charge < -0.3 is 0 Å². The van der Waals surface area contributed by atoms with E-state index in [0.29, 0.717) is 0 Å². The van der Waals surface area contributed by atoms with Gasteiger partial charge in [0, 0.05) is 24.8 Å². The van der Waals surface area contributed by atoms with Gasteiger partial charge in [-0.3, -0.25) is 9.67 Å². The van der Waals surface area contributed by atoms with E-state index in [1.165, 1.54) is 5.39 Å². The van der Waals surface area contributed by atoms with Crippen LogP contribution in [0.3, 0.4) is 0 Å². The van der Waals surface area contributed by atoms with Crippen molar-refractivity contribution in [1.82, 2.24) is 14.8 Å². The van der Waals surface area contributed by atoms with E-state index in [2.05, 4.69) is 22.2 Å². The lowest BCUT2D eigenvalue weighted by molar-refractivity contribution is 0.793. The molecule has 1 aromatic carbocycles. The Morgan fingerprint density at radius 3 is 2.78 bits per heavy atom. The van der Waals surface area contributed by atoms with Crippen molar-refractivity contribution in [2.45, 2.75) is 0 Å². The van der Waals surface area contributed by atoms with Gasteiger partial charge in [0.05, 0.1) is 11.2 Å². The van der Waals surface area contributed by atoms with Crippen LogP contribution in [0.5, 0.6) is 0 Å². The van der Waals surface area contributed by atoms with Gasteiger partial charge >= 0.3 is 0 Å². The van der Waals surface area contributed by atoms with E-state index < -0.39 is 0 Å². The molecule has 0 radical (unpaired) electrons. The van der Waals surface area contributed by atoms with Gasteiger partial charge in [-0.25, -0.2) is 0 Å². The van der Waals surface area contributed by atoms with E-state index in [0.717, 1.165) is 16.8 Å². The predicted molar refractivity (Wildman–Crippen MR) is 73.9 cm³/mol. The zero-order valence-corrected chi connectivity index (χ0v) is 10.1. The zero-order chi connectivity index (χ0) is 12.4. The van der Waals surface area contributed by atoms with Gasteiger partial charge in [0.2, 0.25) is 0 Å². The van der Waals surface area contributed by atoms with E-state index >= 15 is 0 Å². The Balaban J connectivity index is 2.03. The van der Waals surface area contributed by atoms with Gasteiger partial charge in [-0.2, -0.15) is 5.10 Å². The third kappa shape index (κ3) is 1.91. The molecule has 18 heavy (non-hydrogen) atoms. The molecule has 0 saturated heterocycles. The fourth-order valence-corrected chi connectivity index (χ4v) is 2.01. The van der Waals surface area contributed by atoms with E-state index in [9.17, 15) is 0 Å². The second kappa shape index (κ2) is 4.45. The molecule has 0 spiro atoms. The summed E-state index contributed by atoms with van der Waals surface area (Å²) in [5.74, 6) is 0. The van der Waals surface area contributed by atoms with Crippen LogP contribution in [-0.4, -0.2) is 14.8 Å². The monoisotopic (exact) mass is 235 g/mol. The molecule has 2 aromatic heterocycles. The number of hydrogen-bond acceptors (Lipinski definition) is 2. The van der Waals surface area contributed by atoms with Crippen LogP contribution in [0.15, 0.2) is 48.8 Å². The maximum atomic E-state index is 4.51. The molecule has 0 aliphatic carbocycles. The summed E-state index contributed by atoms with van der Waals surface area (Å²) in [4.78, 5) is 4.09. The van der Waals surface area contributed by atoms with Crippen molar-refractivity contribution < 1.29 is 0 Å². The van der Waals surface area contributed by atoms with Crippen LogP contribution < -0.4 is 0 Å². The number of para-hydroxylation sites is 1. The number of aryl methyl sites for hydroxylation is 1. The number of nitrogens with zero attached hydrogens (tertiary/aromatic N) is 3. The van der Waals surface area contributed by atoms with Crippen molar-refractivity contribution in [2.24, 2.45) is 7.05 Å². The van der Waals surface area contributed by atoms with Crippen LogP contribution >= 0.6 is 0 Å². The minimum atomic E-state index is 0.983. The summed E-state index contributed by atoms with van der Waals surface area (Å²) in [6.07, 6.45) is 7.66. The Kier molecular flexibility index (Phi) is 2.65. The first-order valence-corrected chi connectivity index (χ1v) is 5.84. The highest BCUT2D eigenvalue weighted by atomic mass is 15.3. The van der Waals surface area contributed by atoms with E-state index in [-0.39, 0.29) is 0 Å². The Morgan fingerprint density at radius 1 is 1.06 bits per heavy atom. The Bertz CT molecular complexity index is 696. The van der Waals surface area contributed by atoms with E-state index in [4.69, 9.17) is 0 Å². The quantitative estimate of drug-likeness (QED) is 0.683. The molecule has 88 valence electrons. The van der Waals surface area contributed by atoms with Crippen molar-refractivity contribution >= 4 is 23.1 Å². The molecule has 0 saturated carbocycles. The molecule has 0 unspecified atom stereocenters. The maximum Gasteiger partial charge on any atom is 0.0929 e. The molecule has 0 amide bonds. The lowest BCUT2D eigenvalue weighted by Crippen LogP contribution is -1.88. The molecular weight excluding hydrogens is 222 g/mol. The van der Waals surface area contributed by atoms with Crippen molar-refractivity contribution in [1.29, 1.82) is 0 Å². The van der Waals surface area contributed by atoms with Gasteiger partial charge in [-0.1, -0.05) is 30.3 Å². The molecule has 3 heteroatoms. The van der Waals surface area contributed by atoms with Crippen LogP contribution in [-0.2, 0) is 7.05 Å². The first-order valence-electron chi connectivity index (χ1n) is 5.84. The molecule has 0 aliphatic rings. The maximum absolute atomic E-state index is 4.51. The fraction of sp³-hybridized carbons (Fsp3) is 0.0667. The largest absolute Gasteiger partial charge is 0.267 e. The SMILES string of the molecule is Cn1nc(/C=C/c2cccnc2)c2ccccc21. The third-order valence-corrected chi connectivity index (χ3v) is 2.90. The first-order chi connectivity index (χ1) is 8.84. The number of fused-ring (bicyclic) bond motifs is 1. The molecule has 3 nitrogen and oxygen atoms in total. The van der Waals surface area contributed by atoms with Crippen LogP contribution in [0.25, 0.3) is 23.1 Å². The standard InChI is InChI=1S/C15H13N3/c1-18-15-7-3-2-6-13(15)14(17-18)9-8-12-5-4-10-16-11-12/h2-11H,1H3/b9-8+. The van der Waals surface area contributed by atoms with Crippen LogP contribution in [0.1, 0.15) is 11.3 Å². The molecule has 0 atom stereocenters. The lowest BCUT2D eigenvalue weighted by Gasteiger charge is -1.91. The first kappa shape index (κ1) is 10.7. The molecule has 2 heterocycles. The summed E-state index contributed by atoms with van der Waals surface area (Å²) in [6, 6.07) is 12.2. The van der Waals surface area contributed by atoms with Crippen LogP contribution in [0.2, 0.25) is 0 Å². The number of hydrogen-bond donors (Lipinski definition) is 0. The van der Waals surface area contributed by atoms with Gasteiger partial charge in [0.15, 0.2) is 0 Å². The predicted octanol–water partition coefficient (Wildman–Crippen LogP) is 3.14. The van der Waals surface area contributed by atoms with Crippen LogP contribution in [0.4, 0.5) is 0 Å². The number of pyridine rings is 1. The Hall–Kier alpha value is -2.42. The van der Waals surface area contributed by atoms with Crippen molar-refractivity contribution in [2.75, 3.05) is 0 Å². The van der Waals surface area contributed by atoms with Crippen LogP contribution in [0, 0.1) is 0 Å². The Morgan fingerprint density at radius 2 is 1.94 bits per heavy atom. The minimum absolute atomic E-state index is 0.983. The summed E-state index contributed by atoms with van der Waals surface area (Å²) >= 11 is 0. The average molecular weight is 235 g/mol. The Labute approximate surface area is 105 Å². The summed E-state index contributed by atoms with van der Waals surface area (Å²) in [5.41, 5.74) is 3.20. The number of rotatable bonds is 2. The summed E-state index contributed by atoms with van der Waals surface area (Å²) in [5, 5.41) is 5.68. The van der Waals surface area contributed by atoms with Crippen molar-refractivity contribution in [3.63, 3.8) is 0 Å². The highest BCUT2D eigenvalue weighted by molar-refractivity contribution is 5.89. The van der Waals surface area contributed by atoms with E-state index in [1.807, 2.05) is 54.3 Å². The van der Waals surface area contributed by atoms with Gasteiger partial charge in [0.25, 0.3) is 0 Å². The van der Waals surface area contributed by atoms with Crippen molar-refractivity contribution in [3.05, 3.63) is 60.0 Å². The molecule has 0 bridgehead atoms. The van der Waals surface area contributed by atoms with Gasteiger partial charge in [-0.15, -0.1) is 0 Å². The van der Waals surface area contributed by atoms with E-state index in [1.54, 1.807) is 6.20 Å². The molecule has 3 rings (SSSR count). The minimum Gasteiger partial charge on any atom is -0.267 e. The molecule has 3 aromatic rings. The highest BCUT2D eigenvalue weighted by Crippen LogP contribution is 2.19. The second-order valence-electron chi connectivity index (χ2n) is 4.15. The fourth-order valence-electron chi connectivity index (χ4n) is 2.01. The molecule has 0 N–H and O–H groups in total. The number of aromatic nitrogens is 3. The summed E-state index contributed by atoms with van der Waals surface area (Å²) in [7, 11) is 1.96. The average Bonchev–Trinajstić information content (AvgIpc) is 2.75. The lowest BCUT2D eigenvalue weighted by atomic mass is 10.2. The zero-order valence-electron chi connectivity index (χ0n) is 10.1. The third-order valence-electron chi connectivity index (χ3n) is 2.90. The molecule has 0 fully saturated rings. The topological polar surface area (TPSA) is 30.7 Å². The highest BCUT2D eigenvalue weighted by Gasteiger charge is 2.03. The summed E-state index contributed by atoms with van der Waals surface area (Å²) in [6.45, 7) is 0. The van der Waals surface area contributed by atoms with Gasteiger partial charge in [-0.05, 0) is 23.8 Å². The smallest absolute Gasteiger partial charge is 0.0929 e. The van der Waals surface area contributed by atoms with Crippen molar-refractivity contribution in [3.8, 4) is 0 Å². The normalized spacial score (nSPS) is 11.4. The summed E-state index contributed by atoms with van der Waals surface area (Å²) < 4.78 is 1.90. The second-order valence-corrected chi connectivity index (χ2v) is 4.15. The van der Waals surface area contributed by atoms with Gasteiger partial charge in [0.1, 0.15) is 0 Å². The molecule has 0 aliphatic heterocycles. The number of benzene rings is 1. The molecular formula is C15H13N3.